The van der Waals surface area contributed by atoms with Crippen LogP contribution in [0.25, 0.3) is 0 Å². The number of hydrogen-bond acceptors (Lipinski definition) is 0. The van der Waals surface area contributed by atoms with Crippen molar-refractivity contribution in [3.8, 4) is 0 Å². The summed E-state index contributed by atoms with van der Waals surface area (Å²) in [6, 6.07) is 0. The molecule has 15 heavy (non-hydrogen) atoms. The Morgan fingerprint density at radius 1 is 1.13 bits per heavy atom. The van der Waals surface area contributed by atoms with Crippen LogP contribution in [0.2, 0.25) is 0 Å². The van der Waals surface area contributed by atoms with Crippen LogP contribution in [0.1, 0.15) is 66.7 Å². The third-order valence-corrected chi connectivity index (χ3v) is 2.91. The number of allylic oxidation sites excluding steroid dienone is 4. The zero-order valence-electron chi connectivity index (χ0n) is 11.3. The number of rotatable bonds is 7. The third-order valence-electron chi connectivity index (χ3n) is 2.91. The highest BCUT2D eigenvalue weighted by molar-refractivity contribution is 5.14. The van der Waals surface area contributed by atoms with Gasteiger partial charge < -0.3 is 0 Å². The van der Waals surface area contributed by atoms with E-state index >= 15 is 0 Å². The molecule has 0 spiro atoms. The van der Waals surface area contributed by atoms with Crippen molar-refractivity contribution in [1.29, 1.82) is 0 Å². The molecule has 0 aliphatic rings. The minimum Gasteiger partial charge on any atom is -0.0879 e. The maximum absolute atomic E-state index is 2.44. The molecule has 0 N–H and O–H groups in total. The van der Waals surface area contributed by atoms with Gasteiger partial charge in [0.2, 0.25) is 0 Å². The van der Waals surface area contributed by atoms with Gasteiger partial charge in [0.05, 0.1) is 0 Å². The summed E-state index contributed by atoms with van der Waals surface area (Å²) in [6.07, 6.45) is 11.3. The third kappa shape index (κ3) is 6.54. The van der Waals surface area contributed by atoms with E-state index in [1.807, 2.05) is 0 Å². The fraction of sp³-hybridized carbons (Fsp3) is 0.733. The van der Waals surface area contributed by atoms with Crippen molar-refractivity contribution in [1.82, 2.24) is 0 Å². The van der Waals surface area contributed by atoms with Gasteiger partial charge in [-0.2, -0.15) is 0 Å². The summed E-state index contributed by atoms with van der Waals surface area (Å²) >= 11 is 0. The molecule has 0 aromatic heterocycles. The summed E-state index contributed by atoms with van der Waals surface area (Å²) in [5.74, 6) is 0.691. The monoisotopic (exact) mass is 208 g/mol. The zero-order chi connectivity index (χ0) is 11.7. The molecule has 0 bridgehead atoms. The maximum atomic E-state index is 2.44. The molecule has 0 saturated carbocycles. The molecule has 0 aromatic rings. The summed E-state index contributed by atoms with van der Waals surface area (Å²) < 4.78 is 0. The molecular weight excluding hydrogens is 180 g/mol. The van der Waals surface area contributed by atoms with Crippen molar-refractivity contribution in [3.05, 3.63) is 23.3 Å². The first kappa shape index (κ1) is 14.5. The van der Waals surface area contributed by atoms with Crippen molar-refractivity contribution in [2.45, 2.75) is 66.7 Å². The first-order valence-electron chi connectivity index (χ1n) is 6.45. The summed E-state index contributed by atoms with van der Waals surface area (Å²) in [5.41, 5.74) is 3.05. The van der Waals surface area contributed by atoms with Crippen molar-refractivity contribution in [2.75, 3.05) is 0 Å². The van der Waals surface area contributed by atoms with Crippen LogP contribution in [0.15, 0.2) is 23.3 Å². The average Bonchev–Trinajstić information content (AvgIpc) is 2.19. The summed E-state index contributed by atoms with van der Waals surface area (Å²) in [5, 5.41) is 0. The molecule has 0 amide bonds. The van der Waals surface area contributed by atoms with E-state index in [1.165, 1.54) is 37.7 Å². The van der Waals surface area contributed by atoms with E-state index < -0.39 is 0 Å². The van der Waals surface area contributed by atoms with E-state index in [0.29, 0.717) is 5.92 Å². The highest BCUT2D eigenvalue weighted by Gasteiger charge is 2.08. The van der Waals surface area contributed by atoms with Crippen LogP contribution in [0.5, 0.6) is 0 Å². The van der Waals surface area contributed by atoms with Gasteiger partial charge in [0.15, 0.2) is 0 Å². The summed E-state index contributed by atoms with van der Waals surface area (Å²) in [7, 11) is 0. The lowest BCUT2D eigenvalue weighted by Gasteiger charge is -2.16. The first-order valence-corrected chi connectivity index (χ1v) is 6.45. The van der Waals surface area contributed by atoms with Crippen molar-refractivity contribution >= 4 is 0 Å². The molecule has 88 valence electrons. The second-order valence-electron chi connectivity index (χ2n) is 4.56. The molecule has 0 fully saturated rings. The van der Waals surface area contributed by atoms with E-state index in [1.54, 1.807) is 5.57 Å². The van der Waals surface area contributed by atoms with Crippen LogP contribution in [-0.2, 0) is 0 Å². The molecule has 1 atom stereocenters. The van der Waals surface area contributed by atoms with Gasteiger partial charge in [-0.05, 0) is 39.5 Å². The van der Waals surface area contributed by atoms with E-state index in [0.717, 1.165) is 0 Å². The lowest BCUT2D eigenvalue weighted by atomic mass is 9.89. The quantitative estimate of drug-likeness (QED) is 0.382. The minimum absolute atomic E-state index is 0.691. The van der Waals surface area contributed by atoms with Gasteiger partial charge in [-0.25, -0.2) is 0 Å². The fourth-order valence-electron chi connectivity index (χ4n) is 2.07. The van der Waals surface area contributed by atoms with Gasteiger partial charge in [-0.3, -0.25) is 0 Å². The van der Waals surface area contributed by atoms with Crippen LogP contribution < -0.4 is 0 Å². The molecule has 1 unspecified atom stereocenters. The van der Waals surface area contributed by atoms with E-state index in [2.05, 4.69) is 46.8 Å². The zero-order valence-corrected chi connectivity index (χ0v) is 11.3. The van der Waals surface area contributed by atoms with Crippen LogP contribution >= 0.6 is 0 Å². The minimum atomic E-state index is 0.691. The second kappa shape index (κ2) is 8.76. The molecule has 0 aliphatic carbocycles. The Balaban J connectivity index is 4.37. The highest BCUT2D eigenvalue weighted by Crippen LogP contribution is 2.24. The molecule has 0 heterocycles. The highest BCUT2D eigenvalue weighted by atomic mass is 14.1. The topological polar surface area (TPSA) is 0 Å². The molecule has 0 nitrogen and oxygen atoms in total. The Morgan fingerprint density at radius 3 is 2.20 bits per heavy atom. The Hall–Kier alpha value is -0.520. The van der Waals surface area contributed by atoms with Gasteiger partial charge in [0, 0.05) is 0 Å². The predicted molar refractivity (Wildman–Crippen MR) is 71.1 cm³/mol. The Morgan fingerprint density at radius 2 is 1.80 bits per heavy atom. The largest absolute Gasteiger partial charge is 0.0879 e. The molecule has 0 aromatic carbocycles. The van der Waals surface area contributed by atoms with E-state index in [9.17, 15) is 0 Å². The molecular formula is C15H28. The van der Waals surface area contributed by atoms with Crippen molar-refractivity contribution < 1.29 is 0 Å². The van der Waals surface area contributed by atoms with E-state index in [4.69, 9.17) is 0 Å². The van der Waals surface area contributed by atoms with Crippen molar-refractivity contribution in [2.24, 2.45) is 5.92 Å². The van der Waals surface area contributed by atoms with Crippen LogP contribution in [0.3, 0.4) is 0 Å². The lowest BCUT2D eigenvalue weighted by Crippen LogP contribution is -2.01. The van der Waals surface area contributed by atoms with Gasteiger partial charge >= 0.3 is 0 Å². The Kier molecular flexibility index (Phi) is 8.46. The molecule has 0 rings (SSSR count). The lowest BCUT2D eigenvalue weighted by molar-refractivity contribution is 0.579. The summed E-state index contributed by atoms with van der Waals surface area (Å²) in [6.45, 7) is 11.1. The maximum Gasteiger partial charge on any atom is -0.00210 e. The molecule has 0 heteroatoms. The molecule has 0 radical (unpaired) electrons. The fourth-order valence-corrected chi connectivity index (χ4v) is 2.07. The van der Waals surface area contributed by atoms with Crippen molar-refractivity contribution in [3.63, 3.8) is 0 Å². The van der Waals surface area contributed by atoms with Crippen LogP contribution in [0.4, 0.5) is 0 Å². The van der Waals surface area contributed by atoms with E-state index in [-0.39, 0.29) is 0 Å². The second-order valence-corrected chi connectivity index (χ2v) is 4.56. The van der Waals surface area contributed by atoms with Gasteiger partial charge in [-0.15, -0.1) is 0 Å². The SMILES string of the molecule is C/C=C(/CC)C(C=C(C)C)CCCCC. The van der Waals surface area contributed by atoms with Gasteiger partial charge in [0.25, 0.3) is 0 Å². The molecule has 0 aliphatic heterocycles. The first-order chi connectivity index (χ1) is 7.15. The molecule has 0 saturated heterocycles. The standard InChI is InChI=1S/C15H28/c1-6-9-10-11-15(12-13(4)5)14(7-2)8-3/h7,12,15H,6,8-11H2,1-5H3/b14-7-. The van der Waals surface area contributed by atoms with Gasteiger partial charge in [0.1, 0.15) is 0 Å². The number of unbranched alkanes of at least 4 members (excludes halogenated alkanes) is 2. The Labute approximate surface area is 96.5 Å². The Bertz CT molecular complexity index is 204. The number of hydrogen-bond donors (Lipinski definition) is 0. The average molecular weight is 208 g/mol. The normalized spacial score (nSPS) is 13.8. The van der Waals surface area contributed by atoms with Crippen LogP contribution in [-0.4, -0.2) is 0 Å². The predicted octanol–water partition coefficient (Wildman–Crippen LogP) is 5.51. The van der Waals surface area contributed by atoms with Gasteiger partial charge in [-0.1, -0.05) is 56.4 Å². The van der Waals surface area contributed by atoms with Crippen LogP contribution in [0, 0.1) is 5.92 Å². The smallest absolute Gasteiger partial charge is 0.00210 e. The summed E-state index contributed by atoms with van der Waals surface area (Å²) in [4.78, 5) is 0.